The first-order valence-corrected chi connectivity index (χ1v) is 2.46. The third-order valence-electron chi connectivity index (χ3n) is 0.965. The van der Waals surface area contributed by atoms with Gasteiger partial charge in [0.2, 0.25) is 0 Å². The molecule has 4 heteroatoms. The lowest BCUT2D eigenvalue weighted by Gasteiger charge is -1.99. The van der Waals surface area contributed by atoms with E-state index in [0.717, 1.165) is 0 Å². The molecule has 0 unspecified atom stereocenters. The van der Waals surface area contributed by atoms with Crippen molar-refractivity contribution in [3.63, 3.8) is 0 Å². The summed E-state index contributed by atoms with van der Waals surface area (Å²) in [6.07, 6.45) is 5.53. The van der Waals surface area contributed by atoms with E-state index in [1.807, 2.05) is 0 Å². The third kappa shape index (κ3) is 1.28. The minimum Gasteiger partial charge on any atom is -0.373 e. The monoisotopic (exact) mass is 125 g/mol. The van der Waals surface area contributed by atoms with E-state index in [9.17, 15) is 10.1 Å². The Morgan fingerprint density at radius 1 is 1.89 bits per heavy atom. The van der Waals surface area contributed by atoms with Crippen LogP contribution in [-0.4, -0.2) is 11.5 Å². The Hall–Kier alpha value is -1.32. The standard InChI is InChI=1S/C5H5N2O2/c8-7(9)5-2-1-3-6-4-5/h1-2,6H,4H2. The molecule has 0 aromatic carbocycles. The molecule has 0 aliphatic carbocycles. The quantitative estimate of drug-likeness (QED) is 0.398. The molecule has 47 valence electrons. The number of hydrogen-bond acceptors (Lipinski definition) is 3. The van der Waals surface area contributed by atoms with E-state index in [1.165, 1.54) is 12.2 Å². The largest absolute Gasteiger partial charge is 0.373 e. The van der Waals surface area contributed by atoms with Gasteiger partial charge < -0.3 is 5.32 Å². The predicted octanol–water partition coefficient (Wildman–Crippen LogP) is 0.0671. The second-order valence-electron chi connectivity index (χ2n) is 1.58. The second-order valence-corrected chi connectivity index (χ2v) is 1.58. The van der Waals surface area contributed by atoms with Crippen LogP contribution in [-0.2, 0) is 0 Å². The van der Waals surface area contributed by atoms with Crippen LogP contribution in [0.15, 0.2) is 17.8 Å². The van der Waals surface area contributed by atoms with Gasteiger partial charge in [0.05, 0.1) is 11.1 Å². The topological polar surface area (TPSA) is 55.2 Å². The van der Waals surface area contributed by atoms with Gasteiger partial charge in [-0.3, -0.25) is 10.1 Å². The minimum absolute atomic E-state index is 0.175. The van der Waals surface area contributed by atoms with Crippen LogP contribution in [0.3, 0.4) is 0 Å². The Bertz CT molecular complexity index is 183. The van der Waals surface area contributed by atoms with Gasteiger partial charge in [-0.15, -0.1) is 0 Å². The van der Waals surface area contributed by atoms with Crippen LogP contribution in [0, 0.1) is 16.3 Å². The summed E-state index contributed by atoms with van der Waals surface area (Å²) in [5.74, 6) is 0. The molecule has 1 radical (unpaired) electrons. The van der Waals surface area contributed by atoms with E-state index in [1.54, 1.807) is 0 Å². The van der Waals surface area contributed by atoms with Crippen LogP contribution >= 0.6 is 0 Å². The van der Waals surface area contributed by atoms with Gasteiger partial charge in [-0.25, -0.2) is 0 Å². The van der Waals surface area contributed by atoms with E-state index in [0.29, 0.717) is 0 Å². The van der Waals surface area contributed by atoms with Crippen molar-refractivity contribution in [3.8, 4) is 0 Å². The second kappa shape index (κ2) is 2.30. The highest BCUT2D eigenvalue weighted by atomic mass is 16.6. The molecule has 0 aromatic rings. The first-order chi connectivity index (χ1) is 4.30. The number of nitrogens with zero attached hydrogens (tertiary/aromatic N) is 1. The number of hydrogen-bond donors (Lipinski definition) is 1. The maximum atomic E-state index is 10.0. The summed E-state index contributed by atoms with van der Waals surface area (Å²) in [6.45, 7) is 0.267. The lowest BCUT2D eigenvalue weighted by atomic mass is 10.3. The Balaban J connectivity index is 2.68. The zero-order chi connectivity index (χ0) is 6.69. The lowest BCUT2D eigenvalue weighted by Crippen LogP contribution is -2.18. The van der Waals surface area contributed by atoms with Crippen LogP contribution in [0.2, 0.25) is 0 Å². The van der Waals surface area contributed by atoms with Crippen LogP contribution in [0.1, 0.15) is 0 Å². The number of rotatable bonds is 1. The molecule has 1 rings (SSSR count). The predicted molar refractivity (Wildman–Crippen MR) is 30.9 cm³/mol. The van der Waals surface area contributed by atoms with Gasteiger partial charge in [0, 0.05) is 6.08 Å². The van der Waals surface area contributed by atoms with Crippen LogP contribution in [0.4, 0.5) is 0 Å². The van der Waals surface area contributed by atoms with Crippen molar-refractivity contribution in [2.45, 2.75) is 0 Å². The van der Waals surface area contributed by atoms with Gasteiger partial charge in [-0.2, -0.15) is 0 Å². The molecule has 0 amide bonds. The SMILES string of the molecule is O=[N+]([O-])C1=CC=[C]NC1. The molecule has 0 saturated carbocycles. The summed E-state index contributed by atoms with van der Waals surface area (Å²) in [7, 11) is 0. The summed E-state index contributed by atoms with van der Waals surface area (Å²) in [5.41, 5.74) is 0.175. The van der Waals surface area contributed by atoms with Crippen molar-refractivity contribution in [3.05, 3.63) is 34.2 Å². The van der Waals surface area contributed by atoms with Crippen molar-refractivity contribution >= 4 is 0 Å². The summed E-state index contributed by atoms with van der Waals surface area (Å²) in [5, 5.41) is 12.6. The van der Waals surface area contributed by atoms with E-state index in [-0.39, 0.29) is 12.2 Å². The van der Waals surface area contributed by atoms with Gasteiger partial charge >= 0.3 is 0 Å². The zero-order valence-electron chi connectivity index (χ0n) is 4.63. The average molecular weight is 125 g/mol. The smallest absolute Gasteiger partial charge is 0.265 e. The third-order valence-corrected chi connectivity index (χ3v) is 0.965. The first-order valence-electron chi connectivity index (χ1n) is 2.46. The Morgan fingerprint density at radius 2 is 2.67 bits per heavy atom. The van der Waals surface area contributed by atoms with Crippen molar-refractivity contribution in [1.29, 1.82) is 0 Å². The molecule has 0 saturated heterocycles. The Kier molecular flexibility index (Phi) is 1.48. The normalized spacial score (nSPS) is 16.2. The van der Waals surface area contributed by atoms with Gasteiger partial charge in [-0.1, -0.05) is 0 Å². The highest BCUT2D eigenvalue weighted by molar-refractivity contribution is 5.09. The van der Waals surface area contributed by atoms with Crippen LogP contribution < -0.4 is 5.32 Å². The molecular formula is C5H5N2O2. The molecule has 1 N–H and O–H groups in total. The number of nitro groups is 1. The highest BCUT2D eigenvalue weighted by Gasteiger charge is 2.09. The van der Waals surface area contributed by atoms with Gasteiger partial charge in [0.15, 0.2) is 0 Å². The Labute approximate surface area is 52.0 Å². The lowest BCUT2D eigenvalue weighted by molar-refractivity contribution is -0.426. The maximum Gasteiger partial charge on any atom is 0.265 e. The van der Waals surface area contributed by atoms with E-state index >= 15 is 0 Å². The van der Waals surface area contributed by atoms with Crippen molar-refractivity contribution in [2.75, 3.05) is 6.54 Å². The molecule has 4 nitrogen and oxygen atoms in total. The number of allylic oxidation sites excluding steroid dienone is 2. The van der Waals surface area contributed by atoms with Crippen molar-refractivity contribution in [1.82, 2.24) is 5.32 Å². The minimum atomic E-state index is -0.412. The first kappa shape index (κ1) is 5.81. The van der Waals surface area contributed by atoms with Gasteiger partial charge in [0.25, 0.3) is 5.70 Å². The maximum absolute atomic E-state index is 10.0. The summed E-state index contributed by atoms with van der Waals surface area (Å²) in [4.78, 5) is 9.59. The summed E-state index contributed by atoms with van der Waals surface area (Å²) in [6, 6.07) is 0. The van der Waals surface area contributed by atoms with E-state index in [4.69, 9.17) is 0 Å². The molecule has 0 fully saturated rings. The molecule has 1 aliphatic heterocycles. The van der Waals surface area contributed by atoms with Gasteiger partial charge in [0.1, 0.15) is 6.54 Å². The number of nitrogens with one attached hydrogen (secondary N) is 1. The number of dihydropyridines is 1. The fourth-order valence-electron chi connectivity index (χ4n) is 0.523. The molecule has 0 spiro atoms. The molecule has 9 heavy (non-hydrogen) atoms. The molecule has 0 atom stereocenters. The molecule has 1 heterocycles. The molecule has 0 bridgehead atoms. The fraction of sp³-hybridized carbons (Fsp3) is 0.200. The van der Waals surface area contributed by atoms with Crippen LogP contribution in [0.25, 0.3) is 0 Å². The summed E-state index contributed by atoms with van der Waals surface area (Å²) < 4.78 is 0. The molecule has 0 aromatic heterocycles. The van der Waals surface area contributed by atoms with Gasteiger partial charge in [-0.05, 0) is 6.08 Å². The Morgan fingerprint density at radius 3 is 3.00 bits per heavy atom. The molecule has 1 aliphatic rings. The average Bonchev–Trinajstić information content (AvgIpc) is 1.90. The summed E-state index contributed by atoms with van der Waals surface area (Å²) >= 11 is 0. The highest BCUT2D eigenvalue weighted by Crippen LogP contribution is 1.96. The fourth-order valence-corrected chi connectivity index (χ4v) is 0.523. The zero-order valence-corrected chi connectivity index (χ0v) is 4.63. The van der Waals surface area contributed by atoms with E-state index < -0.39 is 4.92 Å². The molecular weight excluding hydrogens is 120 g/mol. The van der Waals surface area contributed by atoms with Crippen LogP contribution in [0.5, 0.6) is 0 Å². The van der Waals surface area contributed by atoms with Crippen molar-refractivity contribution in [2.24, 2.45) is 0 Å². The van der Waals surface area contributed by atoms with E-state index in [2.05, 4.69) is 11.5 Å². The van der Waals surface area contributed by atoms with Crippen molar-refractivity contribution < 1.29 is 4.92 Å².